The molecule has 1 rings (SSSR count). The van der Waals surface area contributed by atoms with Crippen LogP contribution in [-0.4, -0.2) is 70.4 Å². The molecule has 16 heteroatoms. The summed E-state index contributed by atoms with van der Waals surface area (Å²) in [6.45, 7) is 11.7. The van der Waals surface area contributed by atoms with Gasteiger partial charge < -0.3 is 18.9 Å². The highest BCUT2D eigenvalue weighted by molar-refractivity contribution is 6.53. The van der Waals surface area contributed by atoms with Crippen LogP contribution in [0.4, 0.5) is 19.2 Å². The molecule has 0 spiro atoms. The molecule has 0 aliphatic carbocycles. The maximum atomic E-state index is 13.4. The molecule has 0 aliphatic heterocycles. The molecule has 0 unspecified atom stereocenters. The highest BCUT2D eigenvalue weighted by Crippen LogP contribution is 2.42. The summed E-state index contributed by atoms with van der Waals surface area (Å²) in [5.74, 6) is -2.91. The topological polar surface area (TPSA) is 146 Å². The van der Waals surface area contributed by atoms with Gasteiger partial charge in [-0.1, -0.05) is 46.4 Å². The second-order valence-electron chi connectivity index (χ2n) is 9.02. The molecular formula is C24H28Cl4N2O10. The van der Waals surface area contributed by atoms with Crippen molar-refractivity contribution in [3.63, 3.8) is 0 Å². The Balaban J connectivity index is 3.80. The lowest BCUT2D eigenvalue weighted by molar-refractivity contribution is 0.0404. The summed E-state index contributed by atoms with van der Waals surface area (Å²) in [5.41, 5.74) is -1.56. The highest BCUT2D eigenvalue weighted by atomic mass is 35.5. The Morgan fingerprint density at radius 1 is 0.450 bits per heavy atom. The number of rotatable bonds is 6. The Bertz CT molecular complexity index is 1040. The average Bonchev–Trinajstić information content (AvgIpc) is 2.76. The summed E-state index contributed by atoms with van der Waals surface area (Å²) in [6, 6.07) is 0. The van der Waals surface area contributed by atoms with Crippen molar-refractivity contribution in [2.75, 3.05) is 0 Å². The zero-order valence-electron chi connectivity index (χ0n) is 22.8. The first-order valence-electron chi connectivity index (χ1n) is 11.7. The van der Waals surface area contributed by atoms with Crippen LogP contribution in [0.25, 0.3) is 0 Å². The Hall–Kier alpha value is -2.80. The van der Waals surface area contributed by atoms with E-state index < -0.39 is 91.8 Å². The maximum Gasteiger partial charge on any atom is 0.426 e. The Kier molecular flexibility index (Phi) is 13.0. The van der Waals surface area contributed by atoms with Crippen LogP contribution < -0.4 is 0 Å². The minimum Gasteiger partial charge on any atom is -0.446 e. The van der Waals surface area contributed by atoms with Crippen LogP contribution in [0, 0.1) is 0 Å². The molecule has 0 bridgehead atoms. The van der Waals surface area contributed by atoms with Crippen LogP contribution in [0.5, 0.6) is 0 Å². The number of carbonyl (C=O) groups excluding carboxylic acids is 6. The minimum absolute atomic E-state index is 0.0203. The summed E-state index contributed by atoms with van der Waals surface area (Å²) in [7, 11) is 0. The van der Waals surface area contributed by atoms with Crippen molar-refractivity contribution < 1.29 is 47.7 Å². The third-order valence-corrected chi connectivity index (χ3v) is 5.88. The maximum absolute atomic E-state index is 13.4. The second kappa shape index (κ2) is 14.7. The van der Waals surface area contributed by atoms with Crippen LogP contribution in [0.3, 0.4) is 0 Å². The smallest absolute Gasteiger partial charge is 0.426 e. The molecule has 0 atom stereocenters. The van der Waals surface area contributed by atoms with Gasteiger partial charge in [-0.15, -0.1) is 9.80 Å². The average molecular weight is 646 g/mol. The van der Waals surface area contributed by atoms with E-state index in [1.807, 2.05) is 0 Å². The van der Waals surface area contributed by atoms with Gasteiger partial charge in [0.05, 0.1) is 55.6 Å². The number of hydrogen-bond donors (Lipinski definition) is 0. The molecule has 0 radical (unpaired) electrons. The van der Waals surface area contributed by atoms with E-state index in [1.165, 1.54) is 55.4 Å². The van der Waals surface area contributed by atoms with Crippen molar-refractivity contribution in [3.05, 3.63) is 31.2 Å². The van der Waals surface area contributed by atoms with Gasteiger partial charge in [-0.25, -0.2) is 19.2 Å². The predicted octanol–water partition coefficient (Wildman–Crippen LogP) is 7.36. The van der Waals surface area contributed by atoms with Crippen molar-refractivity contribution in [3.8, 4) is 0 Å². The number of ether oxygens (including phenoxy) is 4. The van der Waals surface area contributed by atoms with Gasteiger partial charge in [-0.05, 0) is 55.4 Å². The normalized spacial score (nSPS) is 11.0. The van der Waals surface area contributed by atoms with Crippen LogP contribution in [-0.2, 0) is 18.9 Å². The zero-order chi connectivity index (χ0) is 31.2. The van der Waals surface area contributed by atoms with E-state index in [2.05, 4.69) is 0 Å². The fourth-order valence-electron chi connectivity index (χ4n) is 2.73. The van der Waals surface area contributed by atoms with Crippen molar-refractivity contribution in [2.45, 2.75) is 79.8 Å². The Morgan fingerprint density at radius 3 is 0.775 bits per heavy atom. The SMILES string of the molecule is CC(C)OC(=O)N(C(=O)OC(C)C)C(=O)c1c(Cl)c(Cl)c(C(=O)N(C(=O)OC(C)C)C(=O)OC(C)C)c(Cl)c1Cl. The standard InChI is InChI=1S/C24H28Cl4N2O10/c1-9(2)37-21(33)29(22(34)38-10(3)4)19(31)13-15(25)17(27)14(18(28)16(13)26)20(32)30(23(35)39-11(5)6)24(36)40-12(7)8/h9-12H,1-8H3. The molecule has 1 aromatic rings. The molecule has 40 heavy (non-hydrogen) atoms. The summed E-state index contributed by atoms with van der Waals surface area (Å²) in [5, 5.41) is -3.01. The number of halogens is 4. The molecule has 0 N–H and O–H groups in total. The number of amides is 6. The van der Waals surface area contributed by atoms with E-state index in [9.17, 15) is 28.8 Å². The second-order valence-corrected chi connectivity index (χ2v) is 10.5. The van der Waals surface area contributed by atoms with Gasteiger partial charge >= 0.3 is 24.4 Å². The number of hydrogen-bond acceptors (Lipinski definition) is 10. The van der Waals surface area contributed by atoms with E-state index in [0.29, 0.717) is 0 Å². The Morgan fingerprint density at radius 2 is 0.625 bits per heavy atom. The molecular weight excluding hydrogens is 618 g/mol. The summed E-state index contributed by atoms with van der Waals surface area (Å²) >= 11 is 25.1. The van der Waals surface area contributed by atoms with Crippen molar-refractivity contribution in [1.82, 2.24) is 9.80 Å². The monoisotopic (exact) mass is 644 g/mol. The lowest BCUT2D eigenvalue weighted by Crippen LogP contribution is -2.45. The number of carbonyl (C=O) groups is 6. The quantitative estimate of drug-likeness (QED) is 0.227. The first kappa shape index (κ1) is 35.2. The molecule has 1 aromatic carbocycles. The summed E-state index contributed by atoms with van der Waals surface area (Å²) in [4.78, 5) is 77.3. The lowest BCUT2D eigenvalue weighted by Gasteiger charge is -2.24. The van der Waals surface area contributed by atoms with E-state index in [1.54, 1.807) is 0 Å². The van der Waals surface area contributed by atoms with E-state index in [-0.39, 0.29) is 9.80 Å². The molecule has 0 aromatic heterocycles. The van der Waals surface area contributed by atoms with Crippen LogP contribution >= 0.6 is 46.4 Å². The molecule has 12 nitrogen and oxygen atoms in total. The fourth-order valence-corrected chi connectivity index (χ4v) is 3.90. The lowest BCUT2D eigenvalue weighted by atomic mass is 10.1. The first-order valence-corrected chi connectivity index (χ1v) is 13.2. The first-order chi connectivity index (χ1) is 18.3. The summed E-state index contributed by atoms with van der Waals surface area (Å²) < 4.78 is 19.8. The van der Waals surface area contributed by atoms with E-state index in [4.69, 9.17) is 65.4 Å². The van der Waals surface area contributed by atoms with Crippen LogP contribution in [0.1, 0.15) is 76.1 Å². The third-order valence-electron chi connectivity index (χ3n) is 4.17. The predicted molar refractivity (Wildman–Crippen MR) is 145 cm³/mol. The number of benzene rings is 1. The van der Waals surface area contributed by atoms with Gasteiger partial charge in [0.1, 0.15) is 0 Å². The van der Waals surface area contributed by atoms with E-state index in [0.717, 1.165) is 0 Å². The van der Waals surface area contributed by atoms with Crippen LogP contribution in [0.15, 0.2) is 0 Å². The largest absolute Gasteiger partial charge is 0.446 e. The van der Waals surface area contributed by atoms with E-state index >= 15 is 0 Å². The minimum atomic E-state index is -1.45. The van der Waals surface area contributed by atoms with Crippen molar-refractivity contribution in [1.29, 1.82) is 0 Å². The molecule has 0 fully saturated rings. The van der Waals surface area contributed by atoms with Gasteiger partial charge in [0.25, 0.3) is 11.8 Å². The molecule has 0 aliphatic rings. The van der Waals surface area contributed by atoms with Gasteiger partial charge in [0.15, 0.2) is 0 Å². The van der Waals surface area contributed by atoms with Crippen molar-refractivity contribution >= 4 is 82.6 Å². The molecule has 6 amide bonds. The van der Waals surface area contributed by atoms with Crippen LogP contribution in [0.2, 0.25) is 20.1 Å². The molecule has 0 saturated carbocycles. The molecule has 222 valence electrons. The molecule has 0 saturated heterocycles. The van der Waals surface area contributed by atoms with Gasteiger partial charge in [0, 0.05) is 0 Å². The number of nitrogens with zero attached hydrogens (tertiary/aromatic N) is 2. The third kappa shape index (κ3) is 8.60. The number of imide groups is 6. The fraction of sp³-hybridized carbons (Fsp3) is 0.500. The van der Waals surface area contributed by atoms with Gasteiger partial charge in [-0.3, -0.25) is 9.59 Å². The molecule has 0 heterocycles. The van der Waals surface area contributed by atoms with Gasteiger partial charge in [0.2, 0.25) is 0 Å². The highest BCUT2D eigenvalue weighted by Gasteiger charge is 2.41. The van der Waals surface area contributed by atoms with Gasteiger partial charge in [-0.2, -0.15) is 0 Å². The van der Waals surface area contributed by atoms with Crippen molar-refractivity contribution in [2.24, 2.45) is 0 Å². The summed E-state index contributed by atoms with van der Waals surface area (Å²) in [6.07, 6.45) is -8.73. The zero-order valence-corrected chi connectivity index (χ0v) is 25.8. The Labute approximate surface area is 250 Å².